The molecule has 0 atom stereocenters. The predicted octanol–water partition coefficient (Wildman–Crippen LogP) is 4.30. The minimum atomic E-state index is -0.0200. The van der Waals surface area contributed by atoms with Crippen LogP contribution in [0.5, 0.6) is 5.75 Å². The van der Waals surface area contributed by atoms with E-state index in [0.717, 1.165) is 35.6 Å². The molecule has 29 heavy (non-hydrogen) atoms. The van der Waals surface area contributed by atoms with E-state index in [0.29, 0.717) is 24.7 Å². The zero-order chi connectivity index (χ0) is 20.5. The molecule has 0 fully saturated rings. The van der Waals surface area contributed by atoms with Gasteiger partial charge in [0, 0.05) is 24.2 Å². The Morgan fingerprint density at radius 1 is 1.14 bits per heavy atom. The van der Waals surface area contributed by atoms with Crippen LogP contribution in [0.1, 0.15) is 16.9 Å². The number of carbonyl (C=O) groups excluding carboxylic acids is 1. The van der Waals surface area contributed by atoms with Crippen LogP contribution in [-0.2, 0) is 24.4 Å². The van der Waals surface area contributed by atoms with Crippen LogP contribution < -0.4 is 10.1 Å². The number of benzene rings is 2. The van der Waals surface area contributed by atoms with Gasteiger partial charge in [-0.2, -0.15) is 0 Å². The van der Waals surface area contributed by atoms with E-state index in [1.807, 2.05) is 54.6 Å². The van der Waals surface area contributed by atoms with Gasteiger partial charge in [0.25, 0.3) is 0 Å². The Hall–Kier alpha value is -2.76. The molecule has 0 aliphatic rings. The van der Waals surface area contributed by atoms with Crippen molar-refractivity contribution in [3.05, 3.63) is 88.8 Å². The SMILES string of the molecule is CNC(=O)CN(CCc1cccc(OCc2ccccc2Cl)c1)Cc1ccco1. The first-order valence-corrected chi connectivity index (χ1v) is 9.92. The number of rotatable bonds is 10. The molecule has 2 aromatic carbocycles. The lowest BCUT2D eigenvalue weighted by Crippen LogP contribution is -2.36. The zero-order valence-electron chi connectivity index (χ0n) is 16.4. The number of furan rings is 1. The maximum Gasteiger partial charge on any atom is 0.233 e. The van der Waals surface area contributed by atoms with Crippen molar-refractivity contribution in [2.45, 2.75) is 19.6 Å². The van der Waals surface area contributed by atoms with Gasteiger partial charge in [-0.25, -0.2) is 0 Å². The van der Waals surface area contributed by atoms with Gasteiger partial charge in [-0.3, -0.25) is 9.69 Å². The second-order valence-corrected chi connectivity index (χ2v) is 7.15. The second kappa shape index (κ2) is 10.7. The molecule has 5 nitrogen and oxygen atoms in total. The van der Waals surface area contributed by atoms with E-state index in [1.54, 1.807) is 13.3 Å². The molecule has 0 saturated heterocycles. The minimum Gasteiger partial charge on any atom is -0.489 e. The molecule has 152 valence electrons. The Bertz CT molecular complexity index is 912. The van der Waals surface area contributed by atoms with Crippen molar-refractivity contribution in [3.63, 3.8) is 0 Å². The highest BCUT2D eigenvalue weighted by Crippen LogP contribution is 2.20. The number of hydrogen-bond acceptors (Lipinski definition) is 4. The van der Waals surface area contributed by atoms with Crippen molar-refractivity contribution in [1.29, 1.82) is 0 Å². The van der Waals surface area contributed by atoms with Crippen LogP contribution in [0.2, 0.25) is 5.02 Å². The fourth-order valence-electron chi connectivity index (χ4n) is 2.97. The highest BCUT2D eigenvalue weighted by atomic mass is 35.5. The van der Waals surface area contributed by atoms with Crippen LogP contribution in [0.4, 0.5) is 0 Å². The number of nitrogens with one attached hydrogen (secondary N) is 1. The summed E-state index contributed by atoms with van der Waals surface area (Å²) in [6.07, 6.45) is 2.44. The second-order valence-electron chi connectivity index (χ2n) is 6.74. The standard InChI is InChI=1S/C23H25ClN2O3/c1-25-23(27)16-26(15-21-9-5-13-28-21)12-11-18-6-4-8-20(14-18)29-17-19-7-2-3-10-22(19)24/h2-10,13-14H,11-12,15-17H2,1H3,(H,25,27). The third-order valence-corrected chi connectivity index (χ3v) is 4.94. The molecule has 0 aliphatic carbocycles. The number of carbonyl (C=O) groups is 1. The fraction of sp³-hybridized carbons (Fsp3) is 0.261. The molecular weight excluding hydrogens is 388 g/mol. The number of likely N-dealkylation sites (N-methyl/N-ethyl adjacent to an activating group) is 1. The van der Waals surface area contributed by atoms with Gasteiger partial charge >= 0.3 is 0 Å². The number of hydrogen-bond donors (Lipinski definition) is 1. The van der Waals surface area contributed by atoms with E-state index in [9.17, 15) is 4.79 Å². The van der Waals surface area contributed by atoms with Crippen LogP contribution >= 0.6 is 11.6 Å². The first kappa shape index (κ1) is 21.0. The summed E-state index contributed by atoms with van der Waals surface area (Å²) in [4.78, 5) is 13.9. The Labute approximate surface area is 176 Å². The lowest BCUT2D eigenvalue weighted by atomic mass is 10.1. The Kier molecular flexibility index (Phi) is 7.73. The van der Waals surface area contributed by atoms with E-state index >= 15 is 0 Å². The van der Waals surface area contributed by atoms with Gasteiger partial charge in [0.1, 0.15) is 18.1 Å². The number of nitrogens with zero attached hydrogens (tertiary/aromatic N) is 1. The first-order chi connectivity index (χ1) is 14.1. The maximum absolute atomic E-state index is 11.8. The molecule has 6 heteroatoms. The molecule has 0 radical (unpaired) electrons. The summed E-state index contributed by atoms with van der Waals surface area (Å²) in [5.74, 6) is 1.62. The van der Waals surface area contributed by atoms with Crippen LogP contribution in [0.15, 0.2) is 71.3 Å². The van der Waals surface area contributed by atoms with Crippen molar-refractivity contribution in [2.24, 2.45) is 0 Å². The molecule has 3 aromatic rings. The van der Waals surface area contributed by atoms with Gasteiger partial charge in [0.2, 0.25) is 5.91 Å². The van der Waals surface area contributed by atoms with Crippen molar-refractivity contribution in [1.82, 2.24) is 10.2 Å². The van der Waals surface area contributed by atoms with Crippen molar-refractivity contribution in [3.8, 4) is 5.75 Å². The third kappa shape index (κ3) is 6.66. The van der Waals surface area contributed by atoms with E-state index in [-0.39, 0.29) is 5.91 Å². The van der Waals surface area contributed by atoms with Crippen LogP contribution in [0.3, 0.4) is 0 Å². The van der Waals surface area contributed by atoms with E-state index < -0.39 is 0 Å². The highest BCUT2D eigenvalue weighted by molar-refractivity contribution is 6.31. The number of amides is 1. The van der Waals surface area contributed by atoms with Gasteiger partial charge in [0.05, 0.1) is 19.4 Å². The molecule has 1 aromatic heterocycles. The summed E-state index contributed by atoms with van der Waals surface area (Å²) in [5.41, 5.74) is 2.10. The molecule has 1 N–H and O–H groups in total. The molecule has 0 bridgehead atoms. The monoisotopic (exact) mass is 412 g/mol. The van der Waals surface area contributed by atoms with Crippen LogP contribution in [0.25, 0.3) is 0 Å². The minimum absolute atomic E-state index is 0.0200. The molecule has 1 heterocycles. The van der Waals surface area contributed by atoms with E-state index in [2.05, 4.69) is 16.3 Å². The molecule has 0 unspecified atom stereocenters. The molecule has 0 aliphatic heterocycles. The predicted molar refractivity (Wildman–Crippen MR) is 114 cm³/mol. The quantitative estimate of drug-likeness (QED) is 0.539. The Morgan fingerprint density at radius 2 is 2.00 bits per heavy atom. The lowest BCUT2D eigenvalue weighted by Gasteiger charge is -2.20. The van der Waals surface area contributed by atoms with Crippen LogP contribution in [0, 0.1) is 0 Å². The summed E-state index contributed by atoms with van der Waals surface area (Å²) in [5, 5.41) is 3.38. The number of ether oxygens (including phenoxy) is 1. The number of halogens is 1. The van der Waals surface area contributed by atoms with Crippen molar-refractivity contribution < 1.29 is 13.9 Å². The largest absolute Gasteiger partial charge is 0.489 e. The normalized spacial score (nSPS) is 10.9. The Morgan fingerprint density at radius 3 is 2.76 bits per heavy atom. The van der Waals surface area contributed by atoms with Gasteiger partial charge in [-0.05, 0) is 42.3 Å². The summed E-state index contributed by atoms with van der Waals surface area (Å²) in [6.45, 7) is 2.05. The van der Waals surface area contributed by atoms with Crippen LogP contribution in [-0.4, -0.2) is 30.9 Å². The third-order valence-electron chi connectivity index (χ3n) is 4.57. The smallest absolute Gasteiger partial charge is 0.233 e. The summed E-state index contributed by atoms with van der Waals surface area (Å²) >= 11 is 6.19. The van der Waals surface area contributed by atoms with Crippen molar-refractivity contribution in [2.75, 3.05) is 20.1 Å². The average Bonchev–Trinajstić information content (AvgIpc) is 3.25. The Balaban J connectivity index is 1.58. The van der Waals surface area contributed by atoms with Gasteiger partial charge in [0.15, 0.2) is 0 Å². The summed E-state index contributed by atoms with van der Waals surface area (Å²) < 4.78 is 11.3. The maximum atomic E-state index is 11.8. The van der Waals surface area contributed by atoms with Gasteiger partial charge in [-0.1, -0.05) is 41.9 Å². The molecule has 0 saturated carbocycles. The summed E-state index contributed by atoms with van der Waals surface area (Å²) in [6, 6.07) is 19.4. The molecule has 1 amide bonds. The van der Waals surface area contributed by atoms with E-state index in [1.165, 1.54) is 0 Å². The van der Waals surface area contributed by atoms with E-state index in [4.69, 9.17) is 20.8 Å². The zero-order valence-corrected chi connectivity index (χ0v) is 17.2. The van der Waals surface area contributed by atoms with Gasteiger partial charge < -0.3 is 14.5 Å². The lowest BCUT2D eigenvalue weighted by molar-refractivity contribution is -0.121. The van der Waals surface area contributed by atoms with Crippen molar-refractivity contribution >= 4 is 17.5 Å². The average molecular weight is 413 g/mol. The molecule has 0 spiro atoms. The summed E-state index contributed by atoms with van der Waals surface area (Å²) in [7, 11) is 1.65. The highest BCUT2D eigenvalue weighted by Gasteiger charge is 2.12. The molecule has 3 rings (SSSR count). The molecular formula is C23H25ClN2O3. The first-order valence-electron chi connectivity index (χ1n) is 9.54. The fourth-order valence-corrected chi connectivity index (χ4v) is 3.16. The topological polar surface area (TPSA) is 54.7 Å². The van der Waals surface area contributed by atoms with Gasteiger partial charge in [-0.15, -0.1) is 0 Å².